The number of aromatic nitrogens is 1. The van der Waals surface area contributed by atoms with Gasteiger partial charge >= 0.3 is 0 Å². The van der Waals surface area contributed by atoms with E-state index in [0.717, 1.165) is 31.5 Å². The van der Waals surface area contributed by atoms with Crippen molar-refractivity contribution in [1.29, 1.82) is 0 Å². The van der Waals surface area contributed by atoms with Crippen LogP contribution in [0.5, 0.6) is 0 Å². The number of piperidine rings is 1. The smallest absolute Gasteiger partial charge is 0.229 e. The number of pyridine rings is 1. The van der Waals surface area contributed by atoms with Crippen LogP contribution in [0.3, 0.4) is 0 Å². The molecule has 92 valence electrons. The molecule has 1 aromatic rings. The summed E-state index contributed by atoms with van der Waals surface area (Å²) in [5.74, 6) is 0.697. The van der Waals surface area contributed by atoms with Gasteiger partial charge < -0.3 is 16.4 Å². The van der Waals surface area contributed by atoms with Crippen molar-refractivity contribution in [3.63, 3.8) is 0 Å². The molecule has 5 heteroatoms. The molecular weight excluding hydrogens is 216 g/mol. The van der Waals surface area contributed by atoms with Gasteiger partial charge in [0.1, 0.15) is 5.82 Å². The maximum Gasteiger partial charge on any atom is 0.229 e. The number of rotatable bonds is 3. The van der Waals surface area contributed by atoms with Crippen LogP contribution in [-0.2, 0) is 11.3 Å². The lowest BCUT2D eigenvalue weighted by atomic mass is 9.99. The maximum absolute atomic E-state index is 11.9. The average molecular weight is 234 g/mol. The SMILES string of the molecule is NCc1ccc(NC(=O)C2CCCNC2)nc1. The van der Waals surface area contributed by atoms with E-state index < -0.39 is 0 Å². The number of nitrogens with zero attached hydrogens (tertiary/aromatic N) is 1. The number of carbonyl (C=O) groups is 1. The Morgan fingerprint density at radius 1 is 1.59 bits per heavy atom. The van der Waals surface area contributed by atoms with Crippen molar-refractivity contribution < 1.29 is 4.79 Å². The zero-order valence-electron chi connectivity index (χ0n) is 9.78. The highest BCUT2D eigenvalue weighted by Gasteiger charge is 2.20. The monoisotopic (exact) mass is 234 g/mol. The van der Waals surface area contributed by atoms with E-state index >= 15 is 0 Å². The number of carbonyl (C=O) groups excluding carboxylic acids is 1. The molecule has 0 aromatic carbocycles. The molecule has 1 aromatic heterocycles. The second-order valence-electron chi connectivity index (χ2n) is 4.29. The highest BCUT2D eigenvalue weighted by Crippen LogP contribution is 2.13. The molecule has 1 saturated heterocycles. The normalized spacial score (nSPS) is 19.9. The van der Waals surface area contributed by atoms with E-state index in [2.05, 4.69) is 15.6 Å². The lowest BCUT2D eigenvalue weighted by molar-refractivity contribution is -0.120. The van der Waals surface area contributed by atoms with Gasteiger partial charge in [0, 0.05) is 19.3 Å². The fourth-order valence-electron chi connectivity index (χ4n) is 1.92. The van der Waals surface area contributed by atoms with Gasteiger partial charge in [0.05, 0.1) is 5.92 Å². The summed E-state index contributed by atoms with van der Waals surface area (Å²) in [5.41, 5.74) is 6.44. The van der Waals surface area contributed by atoms with Crippen LogP contribution >= 0.6 is 0 Å². The molecule has 0 bridgehead atoms. The van der Waals surface area contributed by atoms with Crippen molar-refractivity contribution in [2.24, 2.45) is 11.7 Å². The van der Waals surface area contributed by atoms with Crippen molar-refractivity contribution in [2.45, 2.75) is 19.4 Å². The van der Waals surface area contributed by atoms with E-state index in [1.807, 2.05) is 6.07 Å². The molecular formula is C12H18N4O. The minimum atomic E-state index is 0.0465. The third-order valence-corrected chi connectivity index (χ3v) is 2.98. The predicted molar refractivity (Wildman–Crippen MR) is 66.4 cm³/mol. The first-order valence-corrected chi connectivity index (χ1v) is 5.96. The second kappa shape index (κ2) is 5.75. The summed E-state index contributed by atoms with van der Waals surface area (Å²) in [4.78, 5) is 16.1. The number of hydrogen-bond acceptors (Lipinski definition) is 4. The highest BCUT2D eigenvalue weighted by molar-refractivity contribution is 5.91. The minimum Gasteiger partial charge on any atom is -0.326 e. The van der Waals surface area contributed by atoms with E-state index in [9.17, 15) is 4.79 Å². The molecule has 2 heterocycles. The van der Waals surface area contributed by atoms with E-state index in [0.29, 0.717) is 12.4 Å². The summed E-state index contributed by atoms with van der Waals surface area (Å²) in [5, 5.41) is 6.05. The molecule has 0 radical (unpaired) electrons. The number of hydrogen-bond donors (Lipinski definition) is 3. The predicted octanol–water partition coefficient (Wildman–Crippen LogP) is 0.478. The van der Waals surface area contributed by atoms with Gasteiger partial charge in [-0.05, 0) is 31.0 Å². The van der Waals surface area contributed by atoms with Gasteiger partial charge in [0.2, 0.25) is 5.91 Å². The van der Waals surface area contributed by atoms with Crippen molar-refractivity contribution in [1.82, 2.24) is 10.3 Å². The minimum absolute atomic E-state index is 0.0465. The highest BCUT2D eigenvalue weighted by atomic mass is 16.2. The maximum atomic E-state index is 11.9. The fraction of sp³-hybridized carbons (Fsp3) is 0.500. The summed E-state index contributed by atoms with van der Waals surface area (Å²) < 4.78 is 0. The van der Waals surface area contributed by atoms with Crippen molar-refractivity contribution in [3.8, 4) is 0 Å². The summed E-state index contributed by atoms with van der Waals surface area (Å²) in [7, 11) is 0. The molecule has 17 heavy (non-hydrogen) atoms. The van der Waals surface area contributed by atoms with E-state index in [1.165, 1.54) is 0 Å². The van der Waals surface area contributed by atoms with E-state index in [4.69, 9.17) is 5.73 Å². The fourth-order valence-corrected chi connectivity index (χ4v) is 1.92. The number of amides is 1. The summed E-state index contributed by atoms with van der Waals surface area (Å²) in [6.07, 6.45) is 3.69. The number of nitrogens with two attached hydrogens (primary N) is 1. The summed E-state index contributed by atoms with van der Waals surface area (Å²) >= 11 is 0. The van der Waals surface area contributed by atoms with Gasteiger partial charge in [-0.2, -0.15) is 0 Å². The van der Waals surface area contributed by atoms with Crippen LogP contribution in [0.15, 0.2) is 18.3 Å². The standard InChI is InChI=1S/C12H18N4O/c13-6-9-3-4-11(15-7-9)16-12(17)10-2-1-5-14-8-10/h3-4,7,10,14H,1-2,5-6,8,13H2,(H,15,16,17). The first-order valence-electron chi connectivity index (χ1n) is 5.96. The Morgan fingerprint density at radius 2 is 2.47 bits per heavy atom. The van der Waals surface area contributed by atoms with Crippen LogP contribution in [0.4, 0.5) is 5.82 Å². The molecule has 5 nitrogen and oxygen atoms in total. The van der Waals surface area contributed by atoms with Gasteiger partial charge in [-0.25, -0.2) is 4.98 Å². The quantitative estimate of drug-likeness (QED) is 0.710. The van der Waals surface area contributed by atoms with E-state index in [1.54, 1.807) is 12.3 Å². The Balaban J connectivity index is 1.92. The van der Waals surface area contributed by atoms with Crippen LogP contribution < -0.4 is 16.4 Å². The van der Waals surface area contributed by atoms with Crippen molar-refractivity contribution >= 4 is 11.7 Å². The number of anilines is 1. The topological polar surface area (TPSA) is 80.0 Å². The molecule has 1 fully saturated rings. The molecule has 0 aliphatic carbocycles. The molecule has 1 aliphatic heterocycles. The van der Waals surface area contributed by atoms with Crippen molar-refractivity contribution in [3.05, 3.63) is 23.9 Å². The Bertz CT molecular complexity index is 371. The zero-order valence-corrected chi connectivity index (χ0v) is 9.78. The first-order chi connectivity index (χ1) is 8.29. The lowest BCUT2D eigenvalue weighted by Gasteiger charge is -2.21. The van der Waals surface area contributed by atoms with Crippen LogP contribution in [-0.4, -0.2) is 24.0 Å². The summed E-state index contributed by atoms with van der Waals surface area (Å²) in [6, 6.07) is 3.66. The van der Waals surface area contributed by atoms with Crippen LogP contribution in [0.25, 0.3) is 0 Å². The molecule has 1 aliphatic rings. The molecule has 1 amide bonds. The number of nitrogens with one attached hydrogen (secondary N) is 2. The van der Waals surface area contributed by atoms with Crippen LogP contribution in [0, 0.1) is 5.92 Å². The second-order valence-corrected chi connectivity index (χ2v) is 4.29. The molecule has 1 unspecified atom stereocenters. The van der Waals surface area contributed by atoms with Gasteiger partial charge in [0.15, 0.2) is 0 Å². The van der Waals surface area contributed by atoms with Crippen LogP contribution in [0.2, 0.25) is 0 Å². The molecule has 0 saturated carbocycles. The third kappa shape index (κ3) is 3.25. The molecule has 4 N–H and O–H groups in total. The Hall–Kier alpha value is -1.46. The van der Waals surface area contributed by atoms with Gasteiger partial charge in [0.25, 0.3) is 0 Å². The lowest BCUT2D eigenvalue weighted by Crippen LogP contribution is -2.37. The third-order valence-electron chi connectivity index (χ3n) is 2.98. The van der Waals surface area contributed by atoms with Crippen LogP contribution in [0.1, 0.15) is 18.4 Å². The van der Waals surface area contributed by atoms with Gasteiger partial charge in [-0.15, -0.1) is 0 Å². The Kier molecular flexibility index (Phi) is 4.06. The van der Waals surface area contributed by atoms with Crippen molar-refractivity contribution in [2.75, 3.05) is 18.4 Å². The molecule has 2 rings (SSSR count). The molecule has 0 spiro atoms. The van der Waals surface area contributed by atoms with Gasteiger partial charge in [-0.3, -0.25) is 4.79 Å². The Morgan fingerprint density at radius 3 is 3.06 bits per heavy atom. The summed E-state index contributed by atoms with van der Waals surface area (Å²) in [6.45, 7) is 2.23. The van der Waals surface area contributed by atoms with E-state index in [-0.39, 0.29) is 11.8 Å². The average Bonchev–Trinajstić information content (AvgIpc) is 2.40. The zero-order chi connectivity index (χ0) is 12.1. The van der Waals surface area contributed by atoms with Gasteiger partial charge in [-0.1, -0.05) is 6.07 Å². The molecule has 1 atom stereocenters. The largest absolute Gasteiger partial charge is 0.326 e. The Labute approximate surface area is 101 Å². The first kappa shape index (κ1) is 12.0.